The number of rotatable bonds is 9. The van der Waals surface area contributed by atoms with E-state index in [1.54, 1.807) is 0 Å². The van der Waals surface area contributed by atoms with Crippen LogP contribution in [0.15, 0.2) is 30.3 Å². The van der Waals surface area contributed by atoms with Crippen molar-refractivity contribution in [3.63, 3.8) is 0 Å². The van der Waals surface area contributed by atoms with Crippen molar-refractivity contribution < 1.29 is 4.79 Å². The average Bonchev–Trinajstić information content (AvgIpc) is 2.45. The Balaban J connectivity index is 2.24. The minimum absolute atomic E-state index is 0.0250. The molecule has 3 N–H and O–H groups in total. The summed E-state index contributed by atoms with van der Waals surface area (Å²) in [5.74, 6) is 0.698. The predicted molar refractivity (Wildman–Crippen MR) is 89.0 cm³/mol. The van der Waals surface area contributed by atoms with Crippen molar-refractivity contribution in [3.8, 4) is 0 Å². The smallest absolute Gasteiger partial charge is 0.237 e. The Kier molecular flexibility index (Phi) is 8.06. The van der Waals surface area contributed by atoms with Gasteiger partial charge in [0.25, 0.3) is 0 Å². The molecule has 2 atom stereocenters. The minimum atomic E-state index is -0.419. The van der Waals surface area contributed by atoms with Crippen molar-refractivity contribution >= 4 is 5.91 Å². The third kappa shape index (κ3) is 7.86. The highest BCUT2D eigenvalue weighted by Gasteiger charge is 2.15. The van der Waals surface area contributed by atoms with E-state index in [1.165, 1.54) is 12.0 Å². The molecule has 0 saturated heterocycles. The molecule has 3 nitrogen and oxygen atoms in total. The van der Waals surface area contributed by atoms with Gasteiger partial charge in [-0.3, -0.25) is 4.79 Å². The number of nitrogens with two attached hydrogens (primary N) is 1. The van der Waals surface area contributed by atoms with Crippen LogP contribution in [0.25, 0.3) is 0 Å². The van der Waals surface area contributed by atoms with Gasteiger partial charge in [0.1, 0.15) is 0 Å². The van der Waals surface area contributed by atoms with Crippen LogP contribution < -0.4 is 11.1 Å². The average molecular weight is 290 g/mol. The summed E-state index contributed by atoms with van der Waals surface area (Å²) >= 11 is 0. The number of hydrogen-bond donors (Lipinski definition) is 2. The second-order valence-electron chi connectivity index (χ2n) is 6.37. The monoisotopic (exact) mass is 290 g/mol. The van der Waals surface area contributed by atoms with Crippen molar-refractivity contribution in [1.29, 1.82) is 0 Å². The number of hydrogen-bond acceptors (Lipinski definition) is 2. The molecule has 0 saturated carbocycles. The number of benzene rings is 1. The Hall–Kier alpha value is -1.35. The largest absolute Gasteiger partial charge is 0.352 e. The lowest BCUT2D eigenvalue weighted by molar-refractivity contribution is -0.123. The molecule has 0 heterocycles. The first-order valence-corrected chi connectivity index (χ1v) is 8.09. The molecule has 0 bridgehead atoms. The molecule has 21 heavy (non-hydrogen) atoms. The van der Waals surface area contributed by atoms with Crippen LogP contribution in [-0.4, -0.2) is 18.0 Å². The Morgan fingerprint density at radius 3 is 2.38 bits per heavy atom. The summed E-state index contributed by atoms with van der Waals surface area (Å²) in [6.45, 7) is 6.51. The van der Waals surface area contributed by atoms with Crippen molar-refractivity contribution in [2.75, 3.05) is 0 Å². The normalized spacial score (nSPS) is 14.0. The van der Waals surface area contributed by atoms with Gasteiger partial charge in [-0.15, -0.1) is 0 Å². The lowest BCUT2D eigenvalue weighted by Gasteiger charge is -2.18. The molecule has 0 fully saturated rings. The molecule has 118 valence electrons. The summed E-state index contributed by atoms with van der Waals surface area (Å²) in [6, 6.07) is 9.94. The lowest BCUT2D eigenvalue weighted by atomic mass is 10.0. The molecule has 0 aliphatic heterocycles. The standard InChI is InChI=1S/C18H30N2O/c1-14(2)8-7-9-15(3)20-18(21)17(19)13-12-16-10-5-4-6-11-16/h4-6,10-11,14-15,17H,7-9,12-13,19H2,1-3H3,(H,20,21). The number of amides is 1. The Morgan fingerprint density at radius 2 is 1.76 bits per heavy atom. The van der Waals surface area contributed by atoms with Crippen LogP contribution in [-0.2, 0) is 11.2 Å². The van der Waals surface area contributed by atoms with Crippen LogP contribution in [0.2, 0.25) is 0 Å². The summed E-state index contributed by atoms with van der Waals surface area (Å²) in [5.41, 5.74) is 7.21. The SMILES string of the molecule is CC(C)CCCC(C)NC(=O)C(N)CCc1ccccc1. The maximum absolute atomic E-state index is 12.0. The van der Waals surface area contributed by atoms with Crippen LogP contribution in [0.4, 0.5) is 0 Å². The first-order chi connectivity index (χ1) is 9.99. The minimum Gasteiger partial charge on any atom is -0.352 e. The molecule has 1 aromatic carbocycles. The molecular weight excluding hydrogens is 260 g/mol. The highest BCUT2D eigenvalue weighted by Crippen LogP contribution is 2.09. The van der Waals surface area contributed by atoms with Crippen molar-refractivity contribution in [2.24, 2.45) is 11.7 Å². The van der Waals surface area contributed by atoms with E-state index in [1.807, 2.05) is 18.2 Å². The molecule has 1 rings (SSSR count). The lowest BCUT2D eigenvalue weighted by Crippen LogP contribution is -2.44. The van der Waals surface area contributed by atoms with Gasteiger partial charge in [0.2, 0.25) is 5.91 Å². The summed E-state index contributed by atoms with van der Waals surface area (Å²) in [6.07, 6.45) is 4.92. The summed E-state index contributed by atoms with van der Waals surface area (Å²) in [4.78, 5) is 12.0. The molecule has 1 aromatic rings. The van der Waals surface area contributed by atoms with Crippen LogP contribution >= 0.6 is 0 Å². The first-order valence-electron chi connectivity index (χ1n) is 8.09. The van der Waals surface area contributed by atoms with Gasteiger partial charge in [0, 0.05) is 6.04 Å². The van der Waals surface area contributed by atoms with Gasteiger partial charge in [-0.05, 0) is 37.7 Å². The third-order valence-electron chi connectivity index (χ3n) is 3.73. The van der Waals surface area contributed by atoms with Gasteiger partial charge < -0.3 is 11.1 Å². The van der Waals surface area contributed by atoms with E-state index in [4.69, 9.17) is 5.73 Å². The van der Waals surface area contributed by atoms with Gasteiger partial charge in [-0.2, -0.15) is 0 Å². The van der Waals surface area contributed by atoms with Crippen LogP contribution in [0, 0.1) is 5.92 Å². The second kappa shape index (κ2) is 9.56. The zero-order valence-electron chi connectivity index (χ0n) is 13.6. The van der Waals surface area contributed by atoms with E-state index in [-0.39, 0.29) is 11.9 Å². The highest BCUT2D eigenvalue weighted by atomic mass is 16.2. The first kappa shape index (κ1) is 17.7. The molecule has 0 radical (unpaired) electrons. The van der Waals surface area contributed by atoms with Gasteiger partial charge in [0.05, 0.1) is 6.04 Å². The van der Waals surface area contributed by atoms with Crippen LogP contribution in [0.3, 0.4) is 0 Å². The van der Waals surface area contributed by atoms with Crippen molar-refractivity contribution in [3.05, 3.63) is 35.9 Å². The fraction of sp³-hybridized carbons (Fsp3) is 0.611. The molecule has 0 aromatic heterocycles. The molecule has 2 unspecified atom stereocenters. The Bertz CT molecular complexity index is 403. The van der Waals surface area contributed by atoms with Gasteiger partial charge in [-0.1, -0.05) is 57.0 Å². The third-order valence-corrected chi connectivity index (χ3v) is 3.73. The zero-order valence-corrected chi connectivity index (χ0v) is 13.6. The van der Waals surface area contributed by atoms with Gasteiger partial charge >= 0.3 is 0 Å². The summed E-state index contributed by atoms with van der Waals surface area (Å²) in [7, 11) is 0. The summed E-state index contributed by atoms with van der Waals surface area (Å²) < 4.78 is 0. The number of carbonyl (C=O) groups excluding carboxylic acids is 1. The van der Waals surface area contributed by atoms with E-state index in [2.05, 4.69) is 38.2 Å². The molecule has 3 heteroatoms. The maximum Gasteiger partial charge on any atom is 0.237 e. The van der Waals surface area contributed by atoms with Gasteiger partial charge in [0.15, 0.2) is 0 Å². The maximum atomic E-state index is 12.0. The fourth-order valence-electron chi connectivity index (χ4n) is 2.35. The van der Waals surface area contributed by atoms with E-state index in [0.29, 0.717) is 6.42 Å². The van der Waals surface area contributed by atoms with Crippen molar-refractivity contribution in [2.45, 2.75) is 65.0 Å². The highest BCUT2D eigenvalue weighted by molar-refractivity contribution is 5.81. The van der Waals surface area contributed by atoms with E-state index in [0.717, 1.165) is 25.2 Å². The van der Waals surface area contributed by atoms with Crippen LogP contribution in [0.5, 0.6) is 0 Å². The van der Waals surface area contributed by atoms with Crippen LogP contribution in [0.1, 0.15) is 52.0 Å². The van der Waals surface area contributed by atoms with E-state index >= 15 is 0 Å². The number of carbonyl (C=O) groups is 1. The van der Waals surface area contributed by atoms with Crippen molar-refractivity contribution in [1.82, 2.24) is 5.32 Å². The number of aryl methyl sites for hydroxylation is 1. The molecule has 1 amide bonds. The van der Waals surface area contributed by atoms with E-state index in [9.17, 15) is 4.79 Å². The van der Waals surface area contributed by atoms with E-state index < -0.39 is 6.04 Å². The van der Waals surface area contributed by atoms with Gasteiger partial charge in [-0.25, -0.2) is 0 Å². The quantitative estimate of drug-likeness (QED) is 0.733. The molecule has 0 aliphatic rings. The Morgan fingerprint density at radius 1 is 1.10 bits per heavy atom. The Labute approximate surface area is 129 Å². The predicted octanol–water partition coefficient (Wildman–Crippen LogP) is 3.28. The molecular formula is C18H30N2O. The number of nitrogens with one attached hydrogen (secondary N) is 1. The topological polar surface area (TPSA) is 55.1 Å². The molecule has 0 aliphatic carbocycles. The molecule has 0 spiro atoms. The second-order valence-corrected chi connectivity index (χ2v) is 6.37. The zero-order chi connectivity index (χ0) is 15.7. The fourth-order valence-corrected chi connectivity index (χ4v) is 2.35. The summed E-state index contributed by atoms with van der Waals surface area (Å²) in [5, 5.41) is 3.03.